The topological polar surface area (TPSA) is 49.4 Å². The Hall–Kier alpha value is -1.27. The maximum Gasteiger partial charge on any atom is 0.471 e. The van der Waals surface area contributed by atoms with E-state index in [9.17, 15) is 22.8 Å². The Morgan fingerprint density at radius 1 is 1.33 bits per heavy atom. The predicted molar refractivity (Wildman–Crippen MR) is 44.9 cm³/mol. The molecule has 1 heterocycles. The van der Waals surface area contributed by atoms with Crippen molar-refractivity contribution < 1.29 is 22.8 Å². The first-order chi connectivity index (χ1) is 6.95. The average molecular weight is 224 g/mol. The van der Waals surface area contributed by atoms with Crippen molar-refractivity contribution in [2.75, 3.05) is 13.1 Å². The second kappa shape index (κ2) is 4.50. The van der Waals surface area contributed by atoms with Gasteiger partial charge in [-0.25, -0.2) is 0 Å². The summed E-state index contributed by atoms with van der Waals surface area (Å²) < 4.78 is 36.0. The molecule has 1 N–H and O–H groups in total. The second-order valence-corrected chi connectivity index (χ2v) is 3.35. The van der Waals surface area contributed by atoms with Gasteiger partial charge in [-0.1, -0.05) is 0 Å². The zero-order valence-corrected chi connectivity index (χ0v) is 7.88. The fourth-order valence-corrected chi connectivity index (χ4v) is 1.52. The molecule has 7 heteroatoms. The van der Waals surface area contributed by atoms with Crippen LogP contribution in [0.25, 0.3) is 0 Å². The Morgan fingerprint density at radius 2 is 1.87 bits per heavy atom. The summed E-state index contributed by atoms with van der Waals surface area (Å²) in [6.07, 6.45) is -3.56. The van der Waals surface area contributed by atoms with E-state index < -0.39 is 12.1 Å². The molecule has 0 saturated carbocycles. The smallest absolute Gasteiger partial charge is 0.356 e. The van der Waals surface area contributed by atoms with Crippen LogP contribution in [0.3, 0.4) is 0 Å². The van der Waals surface area contributed by atoms with Gasteiger partial charge in [0.25, 0.3) is 0 Å². The molecular weight excluding hydrogens is 213 g/mol. The van der Waals surface area contributed by atoms with Crippen LogP contribution in [0.4, 0.5) is 13.2 Å². The molecule has 0 unspecified atom stereocenters. The van der Waals surface area contributed by atoms with Gasteiger partial charge >= 0.3 is 12.1 Å². The van der Waals surface area contributed by atoms with Gasteiger partial charge in [-0.2, -0.15) is 13.2 Å². The number of piperidine rings is 1. The molecule has 15 heavy (non-hydrogen) atoms. The summed E-state index contributed by atoms with van der Waals surface area (Å²) in [5.41, 5.74) is 0. The van der Waals surface area contributed by atoms with E-state index in [0.29, 0.717) is 19.3 Å². The summed E-state index contributed by atoms with van der Waals surface area (Å²) in [7, 11) is 0. The van der Waals surface area contributed by atoms with Crippen LogP contribution < -0.4 is 5.32 Å². The number of amides is 2. The quantitative estimate of drug-likeness (QED) is 0.685. The minimum absolute atomic E-state index is 0.0316. The van der Waals surface area contributed by atoms with E-state index in [4.69, 9.17) is 0 Å². The van der Waals surface area contributed by atoms with Gasteiger partial charge in [0.2, 0.25) is 6.41 Å². The van der Waals surface area contributed by atoms with E-state index in [1.165, 1.54) is 0 Å². The maximum absolute atomic E-state index is 12.0. The van der Waals surface area contributed by atoms with Crippen molar-refractivity contribution in [3.05, 3.63) is 0 Å². The molecule has 4 nitrogen and oxygen atoms in total. The van der Waals surface area contributed by atoms with Crippen LogP contribution in [0.2, 0.25) is 0 Å². The number of hydrogen-bond donors (Lipinski definition) is 1. The van der Waals surface area contributed by atoms with E-state index in [1.807, 2.05) is 0 Å². The van der Waals surface area contributed by atoms with Crippen molar-refractivity contribution in [1.82, 2.24) is 10.2 Å². The Morgan fingerprint density at radius 3 is 2.27 bits per heavy atom. The molecule has 2 amide bonds. The van der Waals surface area contributed by atoms with Gasteiger partial charge in [0.05, 0.1) is 0 Å². The number of carbonyl (C=O) groups is 2. The lowest BCUT2D eigenvalue weighted by Crippen LogP contribution is -2.48. The lowest BCUT2D eigenvalue weighted by Gasteiger charge is -2.31. The molecule has 0 spiro atoms. The van der Waals surface area contributed by atoms with Gasteiger partial charge in [0.1, 0.15) is 0 Å². The molecule has 0 atom stereocenters. The molecule has 0 aromatic rings. The van der Waals surface area contributed by atoms with Crippen LogP contribution >= 0.6 is 0 Å². The normalized spacial score (nSPS) is 18.7. The number of nitrogens with one attached hydrogen (secondary N) is 1. The lowest BCUT2D eigenvalue weighted by molar-refractivity contribution is -0.186. The Labute approximate surface area is 84.4 Å². The third-order valence-electron chi connectivity index (χ3n) is 2.33. The molecule has 0 aliphatic carbocycles. The summed E-state index contributed by atoms with van der Waals surface area (Å²) in [4.78, 5) is 21.6. The standard InChI is InChI=1S/C8H11F3N2O2/c9-8(10,11)7(15)13-3-1-6(2-4-13)12-5-14/h5-6H,1-4H2,(H,12,14). The van der Waals surface area contributed by atoms with Crippen LogP contribution in [-0.2, 0) is 9.59 Å². The fraction of sp³-hybridized carbons (Fsp3) is 0.750. The van der Waals surface area contributed by atoms with Crippen LogP contribution in [0.1, 0.15) is 12.8 Å². The number of carbonyl (C=O) groups excluding carboxylic acids is 2. The van der Waals surface area contributed by atoms with Gasteiger partial charge in [-0.05, 0) is 12.8 Å². The van der Waals surface area contributed by atoms with Crippen molar-refractivity contribution in [3.8, 4) is 0 Å². The summed E-state index contributed by atoms with van der Waals surface area (Å²) in [5.74, 6) is -1.80. The SMILES string of the molecule is O=CNC1CCN(C(=O)C(F)(F)F)CC1. The second-order valence-electron chi connectivity index (χ2n) is 3.35. The third kappa shape index (κ3) is 3.10. The van der Waals surface area contributed by atoms with Crippen LogP contribution in [-0.4, -0.2) is 42.5 Å². The molecule has 86 valence electrons. The highest BCUT2D eigenvalue weighted by Gasteiger charge is 2.43. The number of hydrogen-bond acceptors (Lipinski definition) is 2. The van der Waals surface area contributed by atoms with Crippen molar-refractivity contribution >= 4 is 12.3 Å². The monoisotopic (exact) mass is 224 g/mol. The number of likely N-dealkylation sites (tertiary alicyclic amines) is 1. The highest BCUT2D eigenvalue weighted by molar-refractivity contribution is 5.81. The molecule has 1 aliphatic rings. The number of rotatable bonds is 2. The van der Waals surface area contributed by atoms with Crippen molar-refractivity contribution in [1.29, 1.82) is 0 Å². The Kier molecular flexibility index (Phi) is 3.54. The molecule has 1 aliphatic heterocycles. The van der Waals surface area contributed by atoms with Crippen molar-refractivity contribution in [2.45, 2.75) is 25.1 Å². The van der Waals surface area contributed by atoms with E-state index in [-0.39, 0.29) is 19.1 Å². The van der Waals surface area contributed by atoms with E-state index >= 15 is 0 Å². The fourth-order valence-electron chi connectivity index (χ4n) is 1.52. The average Bonchev–Trinajstić information content (AvgIpc) is 2.17. The third-order valence-corrected chi connectivity index (χ3v) is 2.33. The molecule has 0 bridgehead atoms. The van der Waals surface area contributed by atoms with Gasteiger partial charge in [0, 0.05) is 19.1 Å². The van der Waals surface area contributed by atoms with Crippen molar-refractivity contribution in [2.24, 2.45) is 0 Å². The summed E-state index contributed by atoms with van der Waals surface area (Å²) in [6.45, 7) is 0.0632. The van der Waals surface area contributed by atoms with Gasteiger partial charge in [-0.3, -0.25) is 9.59 Å². The Balaban J connectivity index is 2.44. The van der Waals surface area contributed by atoms with E-state index in [1.54, 1.807) is 0 Å². The molecule has 1 saturated heterocycles. The number of alkyl halides is 3. The largest absolute Gasteiger partial charge is 0.471 e. The lowest BCUT2D eigenvalue weighted by atomic mass is 10.1. The highest BCUT2D eigenvalue weighted by Crippen LogP contribution is 2.21. The molecule has 0 aromatic carbocycles. The summed E-state index contributed by atoms with van der Waals surface area (Å²) >= 11 is 0. The zero-order chi connectivity index (χ0) is 11.5. The zero-order valence-electron chi connectivity index (χ0n) is 7.88. The van der Waals surface area contributed by atoms with Gasteiger partial charge in [-0.15, -0.1) is 0 Å². The molecule has 1 rings (SSSR count). The van der Waals surface area contributed by atoms with Gasteiger partial charge in [0.15, 0.2) is 0 Å². The number of nitrogens with zero attached hydrogens (tertiary/aromatic N) is 1. The first kappa shape index (κ1) is 11.8. The van der Waals surface area contributed by atoms with E-state index in [2.05, 4.69) is 5.32 Å². The summed E-state index contributed by atoms with van der Waals surface area (Å²) in [6, 6.07) is -0.125. The predicted octanol–water partition coefficient (Wildman–Crippen LogP) is 0.286. The molecule has 0 aromatic heterocycles. The van der Waals surface area contributed by atoms with Gasteiger partial charge < -0.3 is 10.2 Å². The van der Waals surface area contributed by atoms with Crippen molar-refractivity contribution in [3.63, 3.8) is 0 Å². The first-order valence-corrected chi connectivity index (χ1v) is 4.51. The molecular formula is C8H11F3N2O2. The minimum Gasteiger partial charge on any atom is -0.356 e. The minimum atomic E-state index is -4.80. The maximum atomic E-state index is 12.0. The highest BCUT2D eigenvalue weighted by atomic mass is 19.4. The summed E-state index contributed by atoms with van der Waals surface area (Å²) in [5, 5.41) is 2.48. The van der Waals surface area contributed by atoms with Crippen LogP contribution in [0.5, 0.6) is 0 Å². The Bertz CT molecular complexity index is 247. The van der Waals surface area contributed by atoms with Crippen LogP contribution in [0.15, 0.2) is 0 Å². The molecule has 0 radical (unpaired) electrons. The number of halogens is 3. The van der Waals surface area contributed by atoms with Crippen LogP contribution in [0, 0.1) is 0 Å². The molecule has 1 fully saturated rings. The van der Waals surface area contributed by atoms with E-state index in [0.717, 1.165) is 4.90 Å². The first-order valence-electron chi connectivity index (χ1n) is 4.51.